The van der Waals surface area contributed by atoms with Gasteiger partial charge < -0.3 is 10.4 Å². The SMILES string of the molecule is CC1CC(C)CC(NCc2ccc(C(=O)O)cc2Br)C1. The molecule has 0 radical (unpaired) electrons. The van der Waals surface area contributed by atoms with Gasteiger partial charge >= 0.3 is 5.97 Å². The molecule has 20 heavy (non-hydrogen) atoms. The Bertz CT molecular complexity index is 479. The van der Waals surface area contributed by atoms with Gasteiger partial charge in [-0.05, 0) is 48.8 Å². The smallest absolute Gasteiger partial charge is 0.335 e. The highest BCUT2D eigenvalue weighted by atomic mass is 79.9. The molecule has 1 aromatic rings. The molecule has 0 aromatic heterocycles. The summed E-state index contributed by atoms with van der Waals surface area (Å²) in [5.74, 6) is 0.684. The van der Waals surface area contributed by atoms with Crippen molar-refractivity contribution in [1.29, 1.82) is 0 Å². The lowest BCUT2D eigenvalue weighted by atomic mass is 9.80. The van der Waals surface area contributed by atoms with Crippen LogP contribution in [-0.4, -0.2) is 17.1 Å². The van der Waals surface area contributed by atoms with Crippen LogP contribution < -0.4 is 5.32 Å². The van der Waals surface area contributed by atoms with Gasteiger partial charge in [0.2, 0.25) is 0 Å². The minimum absolute atomic E-state index is 0.320. The average molecular weight is 340 g/mol. The normalized spacial score (nSPS) is 26.4. The zero-order valence-electron chi connectivity index (χ0n) is 12.0. The summed E-state index contributed by atoms with van der Waals surface area (Å²) in [7, 11) is 0. The van der Waals surface area contributed by atoms with Gasteiger partial charge in [0.25, 0.3) is 0 Å². The van der Waals surface area contributed by atoms with Gasteiger partial charge in [-0.3, -0.25) is 0 Å². The fourth-order valence-electron chi connectivity index (χ4n) is 3.19. The number of rotatable bonds is 4. The standard InChI is InChI=1S/C16H22BrNO2/c1-10-5-11(2)7-14(6-10)18-9-13-4-3-12(16(19)20)8-15(13)17/h3-4,8,10-11,14,18H,5-7,9H2,1-2H3,(H,19,20). The molecule has 0 spiro atoms. The summed E-state index contributed by atoms with van der Waals surface area (Å²) in [5.41, 5.74) is 1.43. The van der Waals surface area contributed by atoms with E-state index in [2.05, 4.69) is 35.1 Å². The molecule has 1 aromatic carbocycles. The van der Waals surface area contributed by atoms with Gasteiger partial charge in [-0.15, -0.1) is 0 Å². The molecule has 0 bridgehead atoms. The largest absolute Gasteiger partial charge is 0.478 e. The predicted octanol–water partition coefficient (Wildman–Crippen LogP) is 4.06. The summed E-state index contributed by atoms with van der Waals surface area (Å²) < 4.78 is 0.863. The molecule has 110 valence electrons. The Kier molecular flexibility index (Phi) is 5.22. The minimum Gasteiger partial charge on any atom is -0.478 e. The number of carboxylic acid groups (broad SMARTS) is 1. The van der Waals surface area contributed by atoms with Crippen molar-refractivity contribution in [3.63, 3.8) is 0 Å². The maximum Gasteiger partial charge on any atom is 0.335 e. The van der Waals surface area contributed by atoms with Gasteiger partial charge in [0.05, 0.1) is 5.56 Å². The number of hydrogen-bond acceptors (Lipinski definition) is 2. The van der Waals surface area contributed by atoms with Gasteiger partial charge in [-0.2, -0.15) is 0 Å². The van der Waals surface area contributed by atoms with Crippen molar-refractivity contribution in [3.05, 3.63) is 33.8 Å². The first-order chi connectivity index (χ1) is 9.45. The molecule has 2 atom stereocenters. The average Bonchev–Trinajstić information content (AvgIpc) is 2.36. The maximum atomic E-state index is 10.9. The van der Waals surface area contributed by atoms with E-state index >= 15 is 0 Å². The predicted molar refractivity (Wildman–Crippen MR) is 83.9 cm³/mol. The van der Waals surface area contributed by atoms with Crippen LogP contribution in [0.1, 0.15) is 49.0 Å². The van der Waals surface area contributed by atoms with E-state index in [9.17, 15) is 4.79 Å². The second kappa shape index (κ2) is 6.72. The molecule has 0 saturated heterocycles. The highest BCUT2D eigenvalue weighted by Gasteiger charge is 2.23. The Hall–Kier alpha value is -0.870. The lowest BCUT2D eigenvalue weighted by Crippen LogP contribution is -2.35. The quantitative estimate of drug-likeness (QED) is 0.869. The molecule has 1 aliphatic carbocycles. The molecule has 1 saturated carbocycles. The Morgan fingerprint density at radius 2 is 1.95 bits per heavy atom. The van der Waals surface area contributed by atoms with E-state index in [1.54, 1.807) is 12.1 Å². The third kappa shape index (κ3) is 4.06. The Labute approximate surface area is 128 Å². The van der Waals surface area contributed by atoms with Crippen molar-refractivity contribution < 1.29 is 9.90 Å². The second-order valence-corrected chi connectivity index (χ2v) is 6.96. The van der Waals surface area contributed by atoms with Crippen LogP contribution in [0.5, 0.6) is 0 Å². The van der Waals surface area contributed by atoms with Crippen LogP contribution in [0.25, 0.3) is 0 Å². The highest BCUT2D eigenvalue weighted by Crippen LogP contribution is 2.29. The molecule has 0 heterocycles. The first-order valence-electron chi connectivity index (χ1n) is 7.20. The van der Waals surface area contributed by atoms with Crippen LogP contribution in [0.2, 0.25) is 0 Å². The van der Waals surface area contributed by atoms with Crippen LogP contribution in [0.15, 0.2) is 22.7 Å². The monoisotopic (exact) mass is 339 g/mol. The van der Waals surface area contributed by atoms with E-state index < -0.39 is 5.97 Å². The number of carboxylic acids is 1. The molecule has 1 aliphatic rings. The lowest BCUT2D eigenvalue weighted by Gasteiger charge is -2.32. The number of benzene rings is 1. The molecular formula is C16H22BrNO2. The van der Waals surface area contributed by atoms with E-state index in [1.165, 1.54) is 19.3 Å². The van der Waals surface area contributed by atoms with Gasteiger partial charge in [0, 0.05) is 17.1 Å². The molecule has 2 rings (SSSR count). The summed E-state index contributed by atoms with van der Waals surface area (Å²) in [5, 5.41) is 12.6. The van der Waals surface area contributed by atoms with E-state index in [-0.39, 0.29) is 0 Å². The highest BCUT2D eigenvalue weighted by molar-refractivity contribution is 9.10. The maximum absolute atomic E-state index is 10.9. The number of halogens is 1. The third-order valence-electron chi connectivity index (χ3n) is 4.06. The van der Waals surface area contributed by atoms with E-state index in [0.717, 1.165) is 28.4 Å². The summed E-state index contributed by atoms with van der Waals surface area (Å²) >= 11 is 3.46. The molecule has 0 aliphatic heterocycles. The van der Waals surface area contributed by atoms with Gasteiger partial charge in [-0.25, -0.2) is 4.79 Å². The van der Waals surface area contributed by atoms with Crippen molar-refractivity contribution in [2.75, 3.05) is 0 Å². The van der Waals surface area contributed by atoms with E-state index in [0.29, 0.717) is 11.6 Å². The molecular weight excluding hydrogens is 318 g/mol. The zero-order valence-corrected chi connectivity index (χ0v) is 13.6. The Morgan fingerprint density at radius 1 is 1.30 bits per heavy atom. The summed E-state index contributed by atoms with van der Waals surface area (Å²) in [6, 6.07) is 5.79. The number of carbonyl (C=O) groups is 1. The Balaban J connectivity index is 1.95. The molecule has 4 heteroatoms. The van der Waals surface area contributed by atoms with Crippen molar-refractivity contribution >= 4 is 21.9 Å². The van der Waals surface area contributed by atoms with Crippen molar-refractivity contribution in [2.45, 2.75) is 45.7 Å². The van der Waals surface area contributed by atoms with Crippen molar-refractivity contribution in [2.24, 2.45) is 11.8 Å². The van der Waals surface area contributed by atoms with Crippen LogP contribution in [-0.2, 0) is 6.54 Å². The molecule has 1 fully saturated rings. The van der Waals surface area contributed by atoms with Crippen LogP contribution >= 0.6 is 15.9 Å². The van der Waals surface area contributed by atoms with Crippen LogP contribution in [0.4, 0.5) is 0 Å². The fourth-order valence-corrected chi connectivity index (χ4v) is 3.71. The number of hydrogen-bond donors (Lipinski definition) is 2. The van der Waals surface area contributed by atoms with Crippen molar-refractivity contribution in [3.8, 4) is 0 Å². The zero-order chi connectivity index (χ0) is 14.7. The van der Waals surface area contributed by atoms with E-state index in [4.69, 9.17) is 5.11 Å². The van der Waals surface area contributed by atoms with Crippen molar-refractivity contribution in [1.82, 2.24) is 5.32 Å². The summed E-state index contributed by atoms with van der Waals surface area (Å²) in [6.45, 7) is 5.43. The molecule has 0 amide bonds. The van der Waals surface area contributed by atoms with Crippen LogP contribution in [0, 0.1) is 11.8 Å². The topological polar surface area (TPSA) is 49.3 Å². The lowest BCUT2D eigenvalue weighted by molar-refractivity contribution is 0.0697. The second-order valence-electron chi connectivity index (χ2n) is 6.11. The molecule has 3 nitrogen and oxygen atoms in total. The summed E-state index contributed by atoms with van der Waals surface area (Å²) in [4.78, 5) is 10.9. The van der Waals surface area contributed by atoms with E-state index in [1.807, 2.05) is 6.07 Å². The Morgan fingerprint density at radius 3 is 2.50 bits per heavy atom. The number of nitrogens with one attached hydrogen (secondary N) is 1. The fraction of sp³-hybridized carbons (Fsp3) is 0.562. The van der Waals surface area contributed by atoms with Gasteiger partial charge in [0.15, 0.2) is 0 Å². The molecule has 2 N–H and O–H groups in total. The minimum atomic E-state index is -0.889. The van der Waals surface area contributed by atoms with Gasteiger partial charge in [0.1, 0.15) is 0 Å². The van der Waals surface area contributed by atoms with Gasteiger partial charge in [-0.1, -0.05) is 35.8 Å². The first kappa shape index (κ1) is 15.5. The third-order valence-corrected chi connectivity index (χ3v) is 4.80. The van der Waals surface area contributed by atoms with Crippen LogP contribution in [0.3, 0.4) is 0 Å². The molecule has 2 unspecified atom stereocenters. The first-order valence-corrected chi connectivity index (χ1v) is 8.00. The number of aromatic carboxylic acids is 1. The summed E-state index contributed by atoms with van der Waals surface area (Å²) in [6.07, 6.45) is 3.79.